The number of nitrogens with one attached hydrogen (secondary N) is 1. The zero-order valence-corrected chi connectivity index (χ0v) is 15.5. The van der Waals surface area contributed by atoms with Crippen molar-refractivity contribution in [1.82, 2.24) is 9.78 Å². The van der Waals surface area contributed by atoms with Crippen molar-refractivity contribution in [3.63, 3.8) is 0 Å². The smallest absolute Gasteiger partial charge is 0.276 e. The van der Waals surface area contributed by atoms with Crippen LogP contribution in [0.3, 0.4) is 0 Å². The molecule has 4 rings (SSSR count). The number of fused-ring (bicyclic) bond motifs is 3. The van der Waals surface area contributed by atoms with Gasteiger partial charge in [0.25, 0.3) is 5.56 Å². The van der Waals surface area contributed by atoms with Crippen molar-refractivity contribution in [3.8, 4) is 0 Å². The highest BCUT2D eigenvalue weighted by molar-refractivity contribution is 7.26. The highest BCUT2D eigenvalue weighted by Gasteiger charge is 2.22. The van der Waals surface area contributed by atoms with E-state index in [4.69, 9.17) is 0 Å². The van der Waals surface area contributed by atoms with E-state index >= 15 is 0 Å². The van der Waals surface area contributed by atoms with Gasteiger partial charge in [-0.1, -0.05) is 30.3 Å². The summed E-state index contributed by atoms with van der Waals surface area (Å²) in [5.41, 5.74) is 0.418. The molecular formula is C20H16FN3O2S. The topological polar surface area (TPSA) is 64.0 Å². The number of hydrogen-bond donors (Lipinski definition) is 1. The molecule has 27 heavy (non-hydrogen) atoms. The number of aryl methyl sites for hydroxylation is 1. The molecular weight excluding hydrogens is 365 g/mol. The molecule has 0 saturated heterocycles. The Balaban J connectivity index is 1.80. The Bertz CT molecular complexity index is 1250. The van der Waals surface area contributed by atoms with E-state index in [1.54, 1.807) is 19.1 Å². The number of benzene rings is 2. The summed E-state index contributed by atoms with van der Waals surface area (Å²) in [6, 6.07) is 12.7. The van der Waals surface area contributed by atoms with Crippen LogP contribution in [0.5, 0.6) is 0 Å². The molecule has 0 spiro atoms. The second-order valence-corrected chi connectivity index (χ2v) is 7.33. The van der Waals surface area contributed by atoms with E-state index in [1.165, 1.54) is 28.2 Å². The maximum atomic E-state index is 13.8. The van der Waals surface area contributed by atoms with E-state index in [9.17, 15) is 14.0 Å². The van der Waals surface area contributed by atoms with Crippen LogP contribution >= 0.6 is 11.3 Å². The van der Waals surface area contributed by atoms with Gasteiger partial charge in [-0.2, -0.15) is 5.10 Å². The van der Waals surface area contributed by atoms with Crippen LogP contribution in [0.4, 0.5) is 10.1 Å². The molecule has 2 heterocycles. The van der Waals surface area contributed by atoms with E-state index < -0.39 is 17.8 Å². The first kappa shape index (κ1) is 17.4. The lowest BCUT2D eigenvalue weighted by Gasteiger charge is -2.15. The average Bonchev–Trinajstić information content (AvgIpc) is 3.06. The zero-order chi connectivity index (χ0) is 19.1. The van der Waals surface area contributed by atoms with Crippen molar-refractivity contribution < 1.29 is 9.18 Å². The highest BCUT2D eigenvalue weighted by Crippen LogP contribution is 2.32. The number of carbonyl (C=O) groups excluding carboxylic acids is 1. The lowest BCUT2D eigenvalue weighted by Crippen LogP contribution is -2.34. The number of aromatic nitrogens is 2. The molecule has 5 nitrogen and oxygen atoms in total. The summed E-state index contributed by atoms with van der Waals surface area (Å²) < 4.78 is 16.8. The van der Waals surface area contributed by atoms with Crippen molar-refractivity contribution in [2.75, 3.05) is 5.32 Å². The van der Waals surface area contributed by atoms with E-state index in [2.05, 4.69) is 10.4 Å². The van der Waals surface area contributed by atoms with Gasteiger partial charge in [0.05, 0.1) is 21.5 Å². The predicted molar refractivity (Wildman–Crippen MR) is 106 cm³/mol. The average molecular weight is 381 g/mol. The van der Waals surface area contributed by atoms with E-state index in [0.717, 1.165) is 14.8 Å². The lowest BCUT2D eigenvalue weighted by atomic mass is 10.2. The molecule has 0 radical (unpaired) electrons. The lowest BCUT2D eigenvalue weighted by molar-refractivity contribution is -0.119. The van der Waals surface area contributed by atoms with Gasteiger partial charge in [-0.25, -0.2) is 9.07 Å². The molecule has 2 aromatic heterocycles. The number of carbonyl (C=O) groups is 1. The monoisotopic (exact) mass is 381 g/mol. The van der Waals surface area contributed by atoms with E-state index in [0.29, 0.717) is 11.1 Å². The van der Waals surface area contributed by atoms with Crippen molar-refractivity contribution >= 4 is 43.1 Å². The molecule has 1 atom stereocenters. The Morgan fingerprint density at radius 2 is 1.89 bits per heavy atom. The summed E-state index contributed by atoms with van der Waals surface area (Å²) in [7, 11) is 0. The van der Waals surface area contributed by atoms with Crippen LogP contribution in [-0.2, 0) is 4.79 Å². The predicted octanol–water partition coefficient (Wildman–Crippen LogP) is 4.26. The number of amides is 1. The molecule has 7 heteroatoms. The number of hydrogen-bond acceptors (Lipinski definition) is 4. The Morgan fingerprint density at radius 3 is 2.67 bits per heavy atom. The fourth-order valence-electron chi connectivity index (χ4n) is 3.05. The standard InChI is InChI=1S/C20H16FN3O2S/c1-11-18-17(13-7-3-6-10-16(13)27-18)20(26)24(23-11)12(2)19(25)22-15-9-5-4-8-14(15)21/h3-10,12H,1-2H3,(H,22,25)/t12-/m1/s1. The summed E-state index contributed by atoms with van der Waals surface area (Å²) in [5.74, 6) is -1.04. The van der Waals surface area contributed by atoms with Gasteiger partial charge in [0.1, 0.15) is 11.9 Å². The second-order valence-electron chi connectivity index (χ2n) is 6.28. The van der Waals surface area contributed by atoms with Gasteiger partial charge >= 0.3 is 0 Å². The number of anilines is 1. The van der Waals surface area contributed by atoms with Gasteiger partial charge in [0.15, 0.2) is 0 Å². The Labute approximate surface area is 158 Å². The van der Waals surface area contributed by atoms with Crippen molar-refractivity contribution in [3.05, 3.63) is 70.4 Å². The van der Waals surface area contributed by atoms with Crippen molar-refractivity contribution in [2.24, 2.45) is 0 Å². The fraction of sp³-hybridized carbons (Fsp3) is 0.150. The number of thiophene rings is 1. The van der Waals surface area contributed by atoms with Crippen LogP contribution in [-0.4, -0.2) is 15.7 Å². The quantitative estimate of drug-likeness (QED) is 0.577. The van der Waals surface area contributed by atoms with Crippen molar-refractivity contribution in [2.45, 2.75) is 19.9 Å². The van der Waals surface area contributed by atoms with Gasteiger partial charge in [0, 0.05) is 10.1 Å². The molecule has 1 amide bonds. The first-order valence-corrected chi connectivity index (χ1v) is 9.25. The third kappa shape index (κ3) is 2.90. The number of nitrogens with zero attached hydrogens (tertiary/aromatic N) is 2. The maximum absolute atomic E-state index is 13.8. The van der Waals surface area contributed by atoms with E-state index in [1.807, 2.05) is 31.2 Å². The molecule has 0 aliphatic rings. The Morgan fingerprint density at radius 1 is 1.19 bits per heavy atom. The van der Waals surface area contributed by atoms with Crippen molar-refractivity contribution in [1.29, 1.82) is 0 Å². The van der Waals surface area contributed by atoms with Gasteiger partial charge < -0.3 is 5.32 Å². The molecule has 136 valence electrons. The minimum absolute atomic E-state index is 0.0705. The van der Waals surface area contributed by atoms with Gasteiger partial charge in [0.2, 0.25) is 5.91 Å². The summed E-state index contributed by atoms with van der Waals surface area (Å²) >= 11 is 1.51. The third-order valence-corrected chi connectivity index (χ3v) is 5.76. The highest BCUT2D eigenvalue weighted by atomic mass is 32.1. The fourth-order valence-corrected chi connectivity index (χ4v) is 4.19. The SMILES string of the molecule is Cc1nn([C@H](C)C(=O)Nc2ccccc2F)c(=O)c2c1sc1ccccc12. The van der Waals surface area contributed by atoms with Gasteiger partial charge in [-0.3, -0.25) is 9.59 Å². The number of halogens is 1. The largest absolute Gasteiger partial charge is 0.322 e. The van der Waals surface area contributed by atoms with Gasteiger partial charge in [-0.05, 0) is 32.0 Å². The summed E-state index contributed by atoms with van der Waals surface area (Å²) in [5, 5.41) is 8.28. The molecule has 0 fully saturated rings. The Kier molecular flexibility index (Phi) is 4.24. The first-order chi connectivity index (χ1) is 13.0. The molecule has 0 unspecified atom stereocenters. The molecule has 2 aromatic carbocycles. The normalized spacial score (nSPS) is 12.4. The molecule has 0 saturated carbocycles. The van der Waals surface area contributed by atoms with Crippen LogP contribution in [0.2, 0.25) is 0 Å². The summed E-state index contributed by atoms with van der Waals surface area (Å²) in [6.45, 7) is 3.39. The minimum atomic E-state index is -0.890. The summed E-state index contributed by atoms with van der Waals surface area (Å²) in [4.78, 5) is 25.7. The van der Waals surface area contributed by atoms with Crippen LogP contribution in [0.1, 0.15) is 18.7 Å². The third-order valence-electron chi connectivity index (χ3n) is 4.48. The van der Waals surface area contributed by atoms with E-state index in [-0.39, 0.29) is 11.2 Å². The van der Waals surface area contributed by atoms with Crippen LogP contribution in [0.15, 0.2) is 53.3 Å². The van der Waals surface area contributed by atoms with Gasteiger partial charge in [-0.15, -0.1) is 11.3 Å². The van der Waals surface area contributed by atoms with Crippen LogP contribution < -0.4 is 10.9 Å². The molecule has 0 aliphatic carbocycles. The molecule has 1 N–H and O–H groups in total. The maximum Gasteiger partial charge on any atom is 0.276 e. The summed E-state index contributed by atoms with van der Waals surface area (Å²) in [6.07, 6.45) is 0. The minimum Gasteiger partial charge on any atom is -0.322 e. The van der Waals surface area contributed by atoms with Crippen LogP contribution in [0, 0.1) is 12.7 Å². The number of rotatable bonds is 3. The molecule has 0 bridgehead atoms. The first-order valence-electron chi connectivity index (χ1n) is 8.43. The zero-order valence-electron chi connectivity index (χ0n) is 14.7. The number of para-hydroxylation sites is 1. The molecule has 4 aromatic rings. The molecule has 0 aliphatic heterocycles. The Hall–Kier alpha value is -3.06. The second kappa shape index (κ2) is 6.59. The van der Waals surface area contributed by atoms with Crippen LogP contribution in [0.25, 0.3) is 20.2 Å².